The minimum Gasteiger partial charge on any atom is -0.496 e. The lowest BCUT2D eigenvalue weighted by molar-refractivity contribution is -0.289. The van der Waals surface area contributed by atoms with Gasteiger partial charge in [0.05, 0.1) is 32.3 Å². The quantitative estimate of drug-likeness (QED) is 0.193. The molecular weight excluding hydrogens is 508 g/mol. The number of fused-ring (bicyclic) bond motifs is 2. The first-order valence-electron chi connectivity index (χ1n) is 11.8. The van der Waals surface area contributed by atoms with Gasteiger partial charge in [-0.3, -0.25) is 4.79 Å². The second-order valence-electron chi connectivity index (χ2n) is 9.27. The lowest BCUT2D eigenvalue weighted by Crippen LogP contribution is -2.60. The molecule has 0 radical (unpaired) electrons. The van der Waals surface area contributed by atoms with E-state index in [0.29, 0.717) is 11.3 Å². The van der Waals surface area contributed by atoms with E-state index in [-0.39, 0.29) is 34.1 Å². The predicted octanol–water partition coefficient (Wildman–Crippen LogP) is -1.40. The molecule has 206 valence electrons. The van der Waals surface area contributed by atoms with E-state index >= 15 is 0 Å². The molecule has 0 saturated carbocycles. The van der Waals surface area contributed by atoms with Gasteiger partial charge in [-0.15, -0.1) is 0 Å². The minimum absolute atomic E-state index is 0.105. The molecule has 3 heterocycles. The number of methoxy groups -OCH3 is 1. The third-order valence-electron chi connectivity index (χ3n) is 6.78. The Bertz CT molecular complexity index is 1360. The largest absolute Gasteiger partial charge is 0.496 e. The van der Waals surface area contributed by atoms with Crippen molar-refractivity contribution in [2.45, 2.75) is 48.7 Å². The van der Waals surface area contributed by atoms with Crippen molar-refractivity contribution in [3.63, 3.8) is 0 Å². The van der Waals surface area contributed by atoms with Crippen molar-refractivity contribution in [2.24, 2.45) is 0 Å². The summed E-state index contributed by atoms with van der Waals surface area (Å²) in [5, 5.41) is 61.1. The molecule has 8 atom stereocenters. The number of hydrogen-bond acceptors (Lipinski definition) is 13. The highest BCUT2D eigenvalue weighted by atomic mass is 16.7. The highest BCUT2D eigenvalue weighted by Crippen LogP contribution is 2.31. The summed E-state index contributed by atoms with van der Waals surface area (Å²) in [5.74, 6) is 0.443. The van der Waals surface area contributed by atoms with Gasteiger partial charge in [0.1, 0.15) is 64.2 Å². The van der Waals surface area contributed by atoms with E-state index in [2.05, 4.69) is 0 Å². The lowest BCUT2D eigenvalue weighted by Gasteiger charge is -2.40. The van der Waals surface area contributed by atoms with Gasteiger partial charge in [-0.1, -0.05) is 6.07 Å². The van der Waals surface area contributed by atoms with Crippen LogP contribution in [0.3, 0.4) is 0 Å². The van der Waals surface area contributed by atoms with Crippen molar-refractivity contribution in [3.8, 4) is 11.5 Å². The van der Waals surface area contributed by atoms with Crippen molar-refractivity contribution in [1.82, 2.24) is 0 Å². The maximum Gasteiger partial charge on any atom is 0.229 e. The van der Waals surface area contributed by atoms with Gasteiger partial charge >= 0.3 is 0 Å². The molecule has 2 fully saturated rings. The van der Waals surface area contributed by atoms with Crippen molar-refractivity contribution < 1.29 is 58.7 Å². The van der Waals surface area contributed by atoms with E-state index < -0.39 is 61.9 Å². The third kappa shape index (κ3) is 4.62. The lowest BCUT2D eigenvalue weighted by atomic mass is 9.99. The highest BCUT2D eigenvalue weighted by Gasteiger charge is 2.50. The first kappa shape index (κ1) is 26.7. The fourth-order valence-electron chi connectivity index (χ4n) is 4.50. The molecule has 6 N–H and O–H groups in total. The van der Waals surface area contributed by atoms with Crippen LogP contribution in [-0.2, 0) is 14.2 Å². The van der Waals surface area contributed by atoms with Crippen molar-refractivity contribution in [3.05, 3.63) is 46.6 Å². The molecule has 2 aromatic carbocycles. The number of rotatable bonds is 7. The predicted molar refractivity (Wildman–Crippen MR) is 128 cm³/mol. The molecule has 0 amide bonds. The maximum absolute atomic E-state index is 13.2. The summed E-state index contributed by atoms with van der Waals surface area (Å²) in [6.45, 7) is -1.57. The van der Waals surface area contributed by atoms with Gasteiger partial charge in [-0.25, -0.2) is 0 Å². The Morgan fingerprint density at radius 2 is 1.82 bits per heavy atom. The first-order chi connectivity index (χ1) is 18.2. The summed E-state index contributed by atoms with van der Waals surface area (Å²) in [7, 11) is 1.44. The zero-order valence-electron chi connectivity index (χ0n) is 20.2. The zero-order chi connectivity index (χ0) is 27.2. The first-order valence-corrected chi connectivity index (χ1v) is 11.8. The van der Waals surface area contributed by atoms with Gasteiger partial charge in [0.2, 0.25) is 11.7 Å². The number of benzene rings is 2. The smallest absolute Gasteiger partial charge is 0.229 e. The standard InChI is InChI=1S/C25H28O13/c1-33-14-3-2-4-15-17(14)18(27)12-7-11(5-6-13(12)37-15)36-23-21(30)20(29)19(28)16(38-23)8-34-24-22(31)25(32,9-26)10-35-24/h2-7,16,19-24,26,28-32H,8-10H2,1H3/t16-,19-,20+,21-,22+,23-,24?,25-/m1/s1. The summed E-state index contributed by atoms with van der Waals surface area (Å²) in [5.41, 5.74) is -1.65. The summed E-state index contributed by atoms with van der Waals surface area (Å²) >= 11 is 0. The molecule has 1 unspecified atom stereocenters. The average molecular weight is 536 g/mol. The third-order valence-corrected chi connectivity index (χ3v) is 6.78. The van der Waals surface area contributed by atoms with Gasteiger partial charge in [-0.2, -0.15) is 0 Å². The van der Waals surface area contributed by atoms with Gasteiger partial charge in [0.15, 0.2) is 6.29 Å². The SMILES string of the molecule is COc1cccc2oc3ccc(O[C@@H]4O[C@H](COC5OC[C@](O)(CO)[C@H]5O)[C@@H](O)[C@H](O)[C@H]4O)cc3c(=O)c12. The van der Waals surface area contributed by atoms with Gasteiger partial charge in [0, 0.05) is 0 Å². The van der Waals surface area contributed by atoms with Gasteiger partial charge in [-0.05, 0) is 30.3 Å². The van der Waals surface area contributed by atoms with Crippen molar-refractivity contribution >= 4 is 21.9 Å². The second-order valence-corrected chi connectivity index (χ2v) is 9.27. The van der Waals surface area contributed by atoms with Crippen LogP contribution in [-0.4, -0.2) is 106 Å². The molecular formula is C25H28O13. The molecule has 0 spiro atoms. The zero-order valence-corrected chi connectivity index (χ0v) is 20.2. The number of aliphatic hydroxyl groups is 6. The summed E-state index contributed by atoms with van der Waals surface area (Å²) in [4.78, 5) is 13.2. The Hall–Kier alpha value is -2.85. The summed E-state index contributed by atoms with van der Waals surface area (Å²) < 4.78 is 33.0. The van der Waals surface area contributed by atoms with Crippen LogP contribution >= 0.6 is 0 Å². The number of ether oxygens (including phenoxy) is 5. The fraction of sp³-hybridized carbons (Fsp3) is 0.480. The van der Waals surface area contributed by atoms with Crippen LogP contribution in [0, 0.1) is 0 Å². The molecule has 13 heteroatoms. The molecule has 5 rings (SSSR count). The normalized spacial score (nSPS) is 33.6. The minimum atomic E-state index is -1.91. The molecule has 38 heavy (non-hydrogen) atoms. The van der Waals surface area contributed by atoms with Crippen LogP contribution in [0.25, 0.3) is 21.9 Å². The Labute approximate surface area is 214 Å². The van der Waals surface area contributed by atoms with Crippen LogP contribution < -0.4 is 14.9 Å². The number of aliphatic hydroxyl groups excluding tert-OH is 5. The van der Waals surface area contributed by atoms with E-state index in [9.17, 15) is 35.4 Å². The molecule has 13 nitrogen and oxygen atoms in total. The topological polar surface area (TPSA) is 198 Å². The van der Waals surface area contributed by atoms with Crippen LogP contribution in [0.2, 0.25) is 0 Å². The summed E-state index contributed by atoms with van der Waals surface area (Å²) in [6, 6.07) is 9.35. The molecule has 2 aliphatic rings. The Morgan fingerprint density at radius 1 is 1.03 bits per heavy atom. The number of hydrogen-bond donors (Lipinski definition) is 6. The molecule has 1 aromatic heterocycles. The Morgan fingerprint density at radius 3 is 2.53 bits per heavy atom. The van der Waals surface area contributed by atoms with Crippen molar-refractivity contribution in [1.29, 1.82) is 0 Å². The fourth-order valence-corrected chi connectivity index (χ4v) is 4.50. The van der Waals surface area contributed by atoms with E-state index in [1.807, 2.05) is 0 Å². The molecule has 0 aliphatic carbocycles. The van der Waals surface area contributed by atoms with E-state index in [0.717, 1.165) is 0 Å². The monoisotopic (exact) mass is 536 g/mol. The van der Waals surface area contributed by atoms with Crippen LogP contribution in [0.1, 0.15) is 0 Å². The van der Waals surface area contributed by atoms with E-state index in [1.165, 1.54) is 25.3 Å². The van der Waals surface area contributed by atoms with Gasteiger partial charge < -0.3 is 58.7 Å². The van der Waals surface area contributed by atoms with E-state index in [4.69, 9.17) is 28.1 Å². The second kappa shape index (κ2) is 10.4. The van der Waals surface area contributed by atoms with Crippen LogP contribution in [0.15, 0.2) is 45.6 Å². The van der Waals surface area contributed by atoms with Crippen molar-refractivity contribution in [2.75, 3.05) is 26.9 Å². The van der Waals surface area contributed by atoms with E-state index in [1.54, 1.807) is 18.2 Å². The van der Waals surface area contributed by atoms with Crippen LogP contribution in [0.5, 0.6) is 11.5 Å². The van der Waals surface area contributed by atoms with Crippen LogP contribution in [0.4, 0.5) is 0 Å². The molecule has 3 aromatic rings. The Balaban J connectivity index is 1.35. The molecule has 2 aliphatic heterocycles. The van der Waals surface area contributed by atoms with Gasteiger partial charge in [0.25, 0.3) is 0 Å². The summed E-state index contributed by atoms with van der Waals surface area (Å²) in [6.07, 6.45) is -10.6. The molecule has 0 bridgehead atoms. The Kier molecular flexibility index (Phi) is 7.30. The highest BCUT2D eigenvalue weighted by molar-refractivity contribution is 5.93. The molecule has 2 saturated heterocycles. The average Bonchev–Trinajstić information content (AvgIpc) is 3.21. The maximum atomic E-state index is 13.2.